The fourth-order valence-corrected chi connectivity index (χ4v) is 2.21. The number of hydrogen-bond acceptors (Lipinski definition) is 3. The number of rotatable bonds is 5. The highest BCUT2D eigenvalue weighted by Gasteiger charge is 2.10. The second-order valence-electron chi connectivity index (χ2n) is 4.92. The monoisotopic (exact) mass is 335 g/mol. The van der Waals surface area contributed by atoms with Crippen LogP contribution in [0.3, 0.4) is 0 Å². The number of carboxylic acid groups (broad SMARTS) is 1. The Morgan fingerprint density at radius 1 is 1.13 bits per heavy atom. The molecule has 0 heterocycles. The van der Waals surface area contributed by atoms with Crippen LogP contribution < -0.4 is 5.32 Å². The molecule has 0 aromatic heterocycles. The third-order valence-electron chi connectivity index (χ3n) is 3.37. The van der Waals surface area contributed by atoms with Crippen molar-refractivity contribution in [3.05, 3.63) is 59.9 Å². The normalized spacial score (nSPS) is 11.3. The smallest absolute Gasteiger partial charge is 0.321 e. The number of carboxylic acids is 1. The van der Waals surface area contributed by atoms with E-state index in [0.29, 0.717) is 5.75 Å². The first-order chi connectivity index (χ1) is 11.0. The summed E-state index contributed by atoms with van der Waals surface area (Å²) in [6.45, 7) is 2.13. The van der Waals surface area contributed by atoms with E-state index in [0.717, 1.165) is 17.5 Å². The van der Waals surface area contributed by atoms with Gasteiger partial charge in [-0.15, -0.1) is 0 Å². The zero-order chi connectivity index (χ0) is 17.2. The second-order valence-corrected chi connectivity index (χ2v) is 5.28. The summed E-state index contributed by atoms with van der Waals surface area (Å²) < 4.78 is 12.7. The van der Waals surface area contributed by atoms with E-state index in [-0.39, 0.29) is 5.82 Å². The van der Waals surface area contributed by atoms with Crippen LogP contribution in [0.4, 0.5) is 4.39 Å². The van der Waals surface area contributed by atoms with Crippen molar-refractivity contribution in [1.29, 1.82) is 0 Å². The highest BCUT2D eigenvalue weighted by molar-refractivity contribution is 7.80. The topological polar surface area (TPSA) is 49.3 Å². The van der Waals surface area contributed by atoms with Gasteiger partial charge in [-0.1, -0.05) is 43.3 Å². The van der Waals surface area contributed by atoms with Crippen LogP contribution in [0.2, 0.25) is 0 Å². The van der Waals surface area contributed by atoms with Gasteiger partial charge in [0, 0.05) is 5.75 Å². The number of halogens is 1. The minimum Gasteiger partial charge on any atom is -0.480 e. The lowest BCUT2D eigenvalue weighted by Crippen LogP contribution is -2.35. The molecule has 0 aliphatic rings. The molecule has 2 rings (SSSR count). The highest BCUT2D eigenvalue weighted by Crippen LogP contribution is 2.20. The summed E-state index contributed by atoms with van der Waals surface area (Å²) in [5.41, 5.74) is 3.51. The molecule has 2 N–H and O–H groups in total. The minimum absolute atomic E-state index is 0.191. The molecule has 0 radical (unpaired) electrons. The van der Waals surface area contributed by atoms with Crippen molar-refractivity contribution in [3.63, 3.8) is 0 Å². The Kier molecular flexibility index (Phi) is 8.37. The largest absolute Gasteiger partial charge is 0.480 e. The summed E-state index contributed by atoms with van der Waals surface area (Å²) in [5.74, 6) is -0.724. The third kappa shape index (κ3) is 6.42. The highest BCUT2D eigenvalue weighted by atomic mass is 32.1. The molecule has 0 aliphatic carbocycles. The molecule has 0 unspecified atom stereocenters. The predicted octanol–water partition coefficient (Wildman–Crippen LogP) is 3.64. The van der Waals surface area contributed by atoms with Gasteiger partial charge in [-0.3, -0.25) is 4.79 Å². The molecule has 2 aromatic carbocycles. The van der Waals surface area contributed by atoms with E-state index in [2.05, 4.69) is 49.1 Å². The maximum absolute atomic E-state index is 12.7. The van der Waals surface area contributed by atoms with Crippen LogP contribution in [0, 0.1) is 5.82 Å². The maximum Gasteiger partial charge on any atom is 0.321 e. The van der Waals surface area contributed by atoms with Crippen molar-refractivity contribution in [1.82, 2.24) is 5.32 Å². The fraction of sp³-hybridized carbons (Fsp3) is 0.278. The Morgan fingerprint density at radius 3 is 1.91 bits per heavy atom. The number of likely N-dealkylation sites (N-methyl/N-ethyl adjacent to an activating group) is 1. The van der Waals surface area contributed by atoms with Crippen LogP contribution in [0.15, 0.2) is 48.5 Å². The number of carbonyl (C=O) groups is 1. The van der Waals surface area contributed by atoms with Crippen LogP contribution >= 0.6 is 12.6 Å². The van der Waals surface area contributed by atoms with Gasteiger partial charge in [0.2, 0.25) is 0 Å². The molecule has 2 aromatic rings. The number of aliphatic carboxylic acids is 1. The average Bonchev–Trinajstić information content (AvgIpc) is 2.57. The van der Waals surface area contributed by atoms with Crippen LogP contribution in [-0.4, -0.2) is 29.9 Å². The van der Waals surface area contributed by atoms with Crippen molar-refractivity contribution < 1.29 is 14.3 Å². The van der Waals surface area contributed by atoms with Crippen molar-refractivity contribution in [3.8, 4) is 11.1 Å². The van der Waals surface area contributed by atoms with Gasteiger partial charge >= 0.3 is 5.97 Å². The summed E-state index contributed by atoms with van der Waals surface area (Å²) in [7, 11) is 1.59. The molecule has 0 fully saturated rings. The van der Waals surface area contributed by atoms with Gasteiger partial charge in [-0.25, -0.2) is 4.39 Å². The van der Waals surface area contributed by atoms with Crippen molar-refractivity contribution in [2.75, 3.05) is 12.8 Å². The summed E-state index contributed by atoms with van der Waals surface area (Å²) in [5, 5.41) is 10.8. The van der Waals surface area contributed by atoms with Crippen LogP contribution in [0.25, 0.3) is 11.1 Å². The number of aryl methyl sites for hydroxylation is 1. The molecule has 0 amide bonds. The molecular formula is C18H22FNO2S. The number of thiol groups is 1. The van der Waals surface area contributed by atoms with Crippen molar-refractivity contribution in [2.24, 2.45) is 0 Å². The van der Waals surface area contributed by atoms with Crippen molar-refractivity contribution in [2.45, 2.75) is 19.4 Å². The van der Waals surface area contributed by atoms with E-state index >= 15 is 0 Å². The van der Waals surface area contributed by atoms with Gasteiger partial charge < -0.3 is 10.4 Å². The zero-order valence-corrected chi connectivity index (χ0v) is 14.2. The molecule has 0 bridgehead atoms. The minimum atomic E-state index is -0.859. The quantitative estimate of drug-likeness (QED) is 0.731. The molecule has 0 saturated carbocycles. The lowest BCUT2D eigenvalue weighted by Gasteiger charge is -2.04. The fourth-order valence-electron chi connectivity index (χ4n) is 1.87. The van der Waals surface area contributed by atoms with Gasteiger partial charge in [0.25, 0.3) is 0 Å². The van der Waals surface area contributed by atoms with Crippen molar-refractivity contribution >= 4 is 18.6 Å². The Hall–Kier alpha value is -1.85. The standard InChI is InChI=1S/C14H13F.C4H9NO2S/c1-2-11-3-5-12(6-4-11)13-7-9-14(15)10-8-13;1-5-3(2-8)4(6)7/h3-10H,2H2,1H3;3,5,8H,2H2,1H3,(H,6,7)/t;3-/m.1/s1. The summed E-state index contributed by atoms with van der Waals surface area (Å²) in [4.78, 5) is 10.1. The lowest BCUT2D eigenvalue weighted by atomic mass is 10.0. The van der Waals surface area contributed by atoms with Crippen LogP contribution in [0.5, 0.6) is 0 Å². The van der Waals surface area contributed by atoms with Gasteiger partial charge in [0.15, 0.2) is 0 Å². The Bertz CT molecular complexity index is 595. The predicted molar refractivity (Wildman–Crippen MR) is 95.6 cm³/mol. The Morgan fingerprint density at radius 2 is 1.61 bits per heavy atom. The van der Waals surface area contributed by atoms with E-state index in [1.165, 1.54) is 17.7 Å². The van der Waals surface area contributed by atoms with Gasteiger partial charge in [-0.2, -0.15) is 12.6 Å². The van der Waals surface area contributed by atoms with Gasteiger partial charge in [0.1, 0.15) is 11.9 Å². The number of hydrogen-bond donors (Lipinski definition) is 3. The first-order valence-electron chi connectivity index (χ1n) is 7.37. The molecular weight excluding hydrogens is 313 g/mol. The molecule has 0 aliphatic heterocycles. The molecule has 0 saturated heterocycles. The summed E-state index contributed by atoms with van der Waals surface area (Å²) in [6.07, 6.45) is 1.05. The average molecular weight is 335 g/mol. The molecule has 23 heavy (non-hydrogen) atoms. The van der Waals surface area contributed by atoms with E-state index in [4.69, 9.17) is 5.11 Å². The second kappa shape index (κ2) is 10.0. The van der Waals surface area contributed by atoms with Crippen LogP contribution in [0.1, 0.15) is 12.5 Å². The molecule has 3 nitrogen and oxygen atoms in total. The summed E-state index contributed by atoms with van der Waals surface area (Å²) >= 11 is 3.79. The van der Waals surface area contributed by atoms with Crippen LogP contribution in [-0.2, 0) is 11.2 Å². The first kappa shape index (κ1) is 19.2. The Balaban J connectivity index is 0.000000284. The van der Waals surface area contributed by atoms with Gasteiger partial charge in [-0.05, 0) is 42.3 Å². The SMILES string of the molecule is CCc1ccc(-c2ccc(F)cc2)cc1.CN[C@H](CS)C(=O)O. The Labute approximate surface area is 142 Å². The number of nitrogens with one attached hydrogen (secondary N) is 1. The molecule has 0 spiro atoms. The zero-order valence-electron chi connectivity index (χ0n) is 13.3. The van der Waals surface area contributed by atoms with E-state index < -0.39 is 12.0 Å². The van der Waals surface area contributed by atoms with E-state index in [1.54, 1.807) is 19.2 Å². The summed E-state index contributed by atoms with van der Waals surface area (Å²) in [6, 6.07) is 14.4. The molecule has 124 valence electrons. The third-order valence-corrected chi connectivity index (χ3v) is 3.73. The lowest BCUT2D eigenvalue weighted by molar-refractivity contribution is -0.138. The van der Waals surface area contributed by atoms with E-state index in [1.807, 2.05) is 0 Å². The maximum atomic E-state index is 12.7. The molecule has 5 heteroatoms. The molecule has 1 atom stereocenters. The first-order valence-corrected chi connectivity index (χ1v) is 8.00. The number of benzene rings is 2. The van der Waals surface area contributed by atoms with Gasteiger partial charge in [0.05, 0.1) is 0 Å². The van der Waals surface area contributed by atoms with E-state index in [9.17, 15) is 9.18 Å².